The van der Waals surface area contributed by atoms with E-state index in [9.17, 15) is 0 Å². The Bertz CT molecular complexity index is 1090. The second kappa shape index (κ2) is 8.61. The molecule has 0 radical (unpaired) electrons. The van der Waals surface area contributed by atoms with Crippen molar-refractivity contribution >= 4 is 22.4 Å². The fourth-order valence-corrected chi connectivity index (χ4v) is 3.14. The highest BCUT2D eigenvalue weighted by atomic mass is 16.5. The Labute approximate surface area is 170 Å². The number of anilines is 2. The molecule has 146 valence electrons. The molecule has 5 heteroatoms. The normalized spacial score (nSPS) is 10.8. The highest BCUT2D eigenvalue weighted by Crippen LogP contribution is 2.22. The number of ether oxygens (including phenoxy) is 1. The molecule has 0 atom stereocenters. The van der Waals surface area contributed by atoms with Crippen LogP contribution in [0.1, 0.15) is 16.7 Å². The number of nitrogens with zero attached hydrogens (tertiary/aromatic N) is 2. The fraction of sp³-hybridized carbons (Fsp3) is 0.167. The Morgan fingerprint density at radius 3 is 2.45 bits per heavy atom. The number of hydrogen-bond donors (Lipinski definition) is 2. The topological polar surface area (TPSA) is 73.1 Å². The Morgan fingerprint density at radius 1 is 0.897 bits per heavy atom. The monoisotopic (exact) mass is 384 g/mol. The first-order valence-electron chi connectivity index (χ1n) is 9.69. The molecule has 0 unspecified atom stereocenters. The lowest BCUT2D eigenvalue weighted by atomic mass is 10.1. The first kappa shape index (κ1) is 18.7. The maximum Gasteiger partial charge on any atom is 0.137 e. The summed E-state index contributed by atoms with van der Waals surface area (Å²) in [6.07, 6.45) is 2.45. The van der Waals surface area contributed by atoms with E-state index in [0.717, 1.165) is 35.4 Å². The van der Waals surface area contributed by atoms with Gasteiger partial charge in [-0.2, -0.15) is 0 Å². The van der Waals surface area contributed by atoms with Gasteiger partial charge in [0.15, 0.2) is 0 Å². The van der Waals surface area contributed by atoms with Crippen molar-refractivity contribution < 1.29 is 4.74 Å². The molecule has 0 aliphatic carbocycles. The van der Waals surface area contributed by atoms with Gasteiger partial charge >= 0.3 is 0 Å². The van der Waals surface area contributed by atoms with Crippen molar-refractivity contribution in [2.24, 2.45) is 0 Å². The van der Waals surface area contributed by atoms with Crippen molar-refractivity contribution in [3.05, 3.63) is 89.7 Å². The van der Waals surface area contributed by atoms with Gasteiger partial charge in [-0.3, -0.25) is 0 Å². The average molecular weight is 384 g/mol. The van der Waals surface area contributed by atoms with Gasteiger partial charge in [-0.25, -0.2) is 9.97 Å². The minimum atomic E-state index is 0.575. The number of hydrogen-bond acceptors (Lipinski definition) is 5. The number of aromatic nitrogens is 2. The van der Waals surface area contributed by atoms with Crippen molar-refractivity contribution in [1.82, 2.24) is 9.97 Å². The van der Waals surface area contributed by atoms with Crippen LogP contribution < -0.4 is 15.8 Å². The zero-order valence-electron chi connectivity index (χ0n) is 16.4. The molecule has 0 fully saturated rings. The van der Waals surface area contributed by atoms with Crippen LogP contribution in [-0.2, 0) is 13.0 Å². The standard InChI is InChI=1S/C24H24N4O/c1-17-2-4-19(5-3-17)15-29-21-9-6-18(7-10-21)12-13-26-24-22-14-20(25)8-11-23(22)27-16-28-24/h2-11,14,16H,12-13,15,25H2,1H3,(H,26,27,28). The summed E-state index contributed by atoms with van der Waals surface area (Å²) in [5, 5.41) is 4.33. The second-order valence-electron chi connectivity index (χ2n) is 7.09. The van der Waals surface area contributed by atoms with E-state index in [0.29, 0.717) is 12.3 Å². The third kappa shape index (κ3) is 4.82. The van der Waals surface area contributed by atoms with Crippen LogP contribution >= 0.6 is 0 Å². The van der Waals surface area contributed by atoms with Gasteiger partial charge in [0.05, 0.1) is 5.52 Å². The molecule has 0 amide bonds. The summed E-state index contributed by atoms with van der Waals surface area (Å²) in [6.45, 7) is 3.43. The van der Waals surface area contributed by atoms with Crippen LogP contribution in [0.4, 0.5) is 11.5 Å². The minimum Gasteiger partial charge on any atom is -0.489 e. The smallest absolute Gasteiger partial charge is 0.137 e. The highest BCUT2D eigenvalue weighted by molar-refractivity contribution is 5.91. The van der Waals surface area contributed by atoms with E-state index in [1.165, 1.54) is 16.7 Å². The van der Waals surface area contributed by atoms with Crippen LogP contribution in [0, 0.1) is 6.92 Å². The molecule has 4 aromatic rings. The van der Waals surface area contributed by atoms with Crippen LogP contribution in [0.2, 0.25) is 0 Å². The van der Waals surface area contributed by atoms with Gasteiger partial charge in [-0.1, -0.05) is 42.0 Å². The summed E-state index contributed by atoms with van der Waals surface area (Å²) >= 11 is 0. The SMILES string of the molecule is Cc1ccc(COc2ccc(CCNc3ncnc4ccc(N)cc34)cc2)cc1. The van der Waals surface area contributed by atoms with E-state index < -0.39 is 0 Å². The lowest BCUT2D eigenvalue weighted by Crippen LogP contribution is -2.07. The van der Waals surface area contributed by atoms with Crippen molar-refractivity contribution in [3.8, 4) is 5.75 Å². The average Bonchev–Trinajstić information content (AvgIpc) is 2.74. The third-order valence-corrected chi connectivity index (χ3v) is 4.81. The van der Waals surface area contributed by atoms with Gasteiger partial charge in [0.2, 0.25) is 0 Å². The van der Waals surface area contributed by atoms with E-state index in [4.69, 9.17) is 10.5 Å². The summed E-state index contributed by atoms with van der Waals surface area (Å²) < 4.78 is 5.88. The van der Waals surface area contributed by atoms with Gasteiger partial charge in [-0.05, 0) is 54.8 Å². The molecule has 0 aliphatic rings. The zero-order chi connectivity index (χ0) is 20.1. The van der Waals surface area contributed by atoms with Gasteiger partial charge in [0, 0.05) is 17.6 Å². The van der Waals surface area contributed by atoms with Crippen molar-refractivity contribution in [1.29, 1.82) is 0 Å². The Hall–Kier alpha value is -3.60. The molecule has 0 aliphatic heterocycles. The molecule has 29 heavy (non-hydrogen) atoms. The quantitative estimate of drug-likeness (QED) is 0.450. The van der Waals surface area contributed by atoms with Crippen LogP contribution in [0.5, 0.6) is 5.75 Å². The number of rotatable bonds is 7. The molecule has 1 aromatic heterocycles. The molecule has 1 heterocycles. The largest absolute Gasteiger partial charge is 0.489 e. The summed E-state index contributed by atoms with van der Waals surface area (Å²) in [5.74, 6) is 1.68. The first-order chi connectivity index (χ1) is 14.2. The molecule has 3 aromatic carbocycles. The van der Waals surface area contributed by atoms with Crippen molar-refractivity contribution in [3.63, 3.8) is 0 Å². The Morgan fingerprint density at radius 2 is 1.66 bits per heavy atom. The van der Waals surface area contributed by atoms with E-state index in [1.54, 1.807) is 6.33 Å². The lowest BCUT2D eigenvalue weighted by Gasteiger charge is -2.10. The number of benzene rings is 3. The molecule has 0 spiro atoms. The van der Waals surface area contributed by atoms with Crippen LogP contribution in [0.3, 0.4) is 0 Å². The number of fused-ring (bicyclic) bond motifs is 1. The van der Waals surface area contributed by atoms with E-state index in [2.05, 4.69) is 58.6 Å². The van der Waals surface area contributed by atoms with Gasteiger partial charge in [0.1, 0.15) is 24.5 Å². The first-order valence-corrected chi connectivity index (χ1v) is 9.69. The van der Waals surface area contributed by atoms with Gasteiger partial charge in [0.25, 0.3) is 0 Å². The summed E-state index contributed by atoms with van der Waals surface area (Å²) in [6, 6.07) is 22.3. The van der Waals surface area contributed by atoms with Crippen LogP contribution in [0.25, 0.3) is 10.9 Å². The second-order valence-corrected chi connectivity index (χ2v) is 7.09. The predicted octanol–water partition coefficient (Wildman–Crippen LogP) is 4.75. The summed E-state index contributed by atoms with van der Waals surface area (Å²) in [7, 11) is 0. The third-order valence-electron chi connectivity index (χ3n) is 4.81. The number of nitrogens with two attached hydrogens (primary N) is 1. The van der Waals surface area contributed by atoms with Gasteiger partial charge < -0.3 is 15.8 Å². The summed E-state index contributed by atoms with van der Waals surface area (Å²) in [5.41, 5.74) is 11.1. The zero-order valence-corrected chi connectivity index (χ0v) is 16.4. The number of aryl methyl sites for hydroxylation is 1. The molecular weight excluding hydrogens is 360 g/mol. The van der Waals surface area contributed by atoms with E-state index in [1.807, 2.05) is 30.3 Å². The van der Waals surface area contributed by atoms with Crippen molar-refractivity contribution in [2.45, 2.75) is 20.0 Å². The molecule has 4 rings (SSSR count). The number of nitrogen functional groups attached to an aromatic ring is 1. The van der Waals surface area contributed by atoms with E-state index in [-0.39, 0.29) is 0 Å². The molecule has 0 bridgehead atoms. The number of nitrogens with one attached hydrogen (secondary N) is 1. The summed E-state index contributed by atoms with van der Waals surface area (Å²) in [4.78, 5) is 8.64. The molecule has 0 saturated carbocycles. The minimum absolute atomic E-state index is 0.575. The Balaban J connectivity index is 1.31. The lowest BCUT2D eigenvalue weighted by molar-refractivity contribution is 0.306. The van der Waals surface area contributed by atoms with E-state index >= 15 is 0 Å². The molecule has 3 N–H and O–H groups in total. The van der Waals surface area contributed by atoms with Gasteiger partial charge in [-0.15, -0.1) is 0 Å². The van der Waals surface area contributed by atoms with Crippen LogP contribution in [0.15, 0.2) is 73.1 Å². The molecule has 0 saturated heterocycles. The maximum atomic E-state index is 5.90. The van der Waals surface area contributed by atoms with Crippen LogP contribution in [-0.4, -0.2) is 16.5 Å². The fourth-order valence-electron chi connectivity index (χ4n) is 3.14. The maximum absolute atomic E-state index is 5.90. The molecule has 5 nitrogen and oxygen atoms in total. The molecular formula is C24H24N4O. The predicted molar refractivity (Wildman–Crippen MR) is 118 cm³/mol. The highest BCUT2D eigenvalue weighted by Gasteiger charge is 2.04. The van der Waals surface area contributed by atoms with Crippen molar-refractivity contribution in [2.75, 3.05) is 17.6 Å². The Kier molecular flexibility index (Phi) is 5.56.